The molecule has 4 nitrogen and oxygen atoms in total. The fourth-order valence-electron chi connectivity index (χ4n) is 8.78. The lowest BCUT2D eigenvalue weighted by molar-refractivity contribution is 1.08. The van der Waals surface area contributed by atoms with Gasteiger partial charge < -0.3 is 4.90 Å². The summed E-state index contributed by atoms with van der Waals surface area (Å²) < 4.78 is 2.46. The molecule has 1 aliphatic heterocycles. The molecule has 0 N–H and O–H groups in total. The number of hydrogen-bond donors (Lipinski definition) is 0. The third kappa shape index (κ3) is 5.18. The molecule has 12 rings (SSSR count). The zero-order valence-electron chi connectivity index (χ0n) is 31.2. The second-order valence-electron chi connectivity index (χ2n) is 14.8. The van der Waals surface area contributed by atoms with Gasteiger partial charge in [-0.15, -0.1) is 11.3 Å². The molecule has 0 unspecified atom stereocenters. The molecule has 3 heterocycles. The van der Waals surface area contributed by atoms with Crippen molar-refractivity contribution in [3.8, 4) is 56.4 Å². The molecule has 0 bridgehead atoms. The minimum absolute atomic E-state index is 0.634. The van der Waals surface area contributed by atoms with Crippen LogP contribution in [0.15, 0.2) is 194 Å². The van der Waals surface area contributed by atoms with Gasteiger partial charge in [-0.25, -0.2) is 15.0 Å². The van der Waals surface area contributed by atoms with E-state index in [0.29, 0.717) is 17.5 Å². The lowest BCUT2D eigenvalue weighted by Gasteiger charge is -2.34. The summed E-state index contributed by atoms with van der Waals surface area (Å²) in [5.74, 6) is 1.94. The highest BCUT2D eigenvalue weighted by Crippen LogP contribution is 2.53. The number of aromatic nitrogens is 3. The molecular formula is C53H32N4S. The van der Waals surface area contributed by atoms with Crippen LogP contribution in [-0.2, 0) is 0 Å². The summed E-state index contributed by atoms with van der Waals surface area (Å²) in [5, 5.41) is 7.15. The Kier molecular flexibility index (Phi) is 7.37. The smallest absolute Gasteiger partial charge is 0.164 e. The summed E-state index contributed by atoms with van der Waals surface area (Å²) in [7, 11) is 0. The molecule has 0 fully saturated rings. The van der Waals surface area contributed by atoms with E-state index in [2.05, 4.69) is 199 Å². The minimum Gasteiger partial charge on any atom is -0.309 e. The van der Waals surface area contributed by atoms with Crippen molar-refractivity contribution < 1.29 is 0 Å². The molecule has 1 aliphatic rings. The Labute approximate surface area is 339 Å². The lowest BCUT2D eigenvalue weighted by Crippen LogP contribution is -2.15. The molecule has 0 saturated carbocycles. The van der Waals surface area contributed by atoms with Gasteiger partial charge in [-0.1, -0.05) is 140 Å². The van der Waals surface area contributed by atoms with Crippen LogP contribution in [0.4, 0.5) is 17.1 Å². The highest BCUT2D eigenvalue weighted by atomic mass is 32.1. The SMILES string of the molecule is c1ccc(-c2ccc3c4c(cccc24)-c2cc(-c4nc(-c5ccc6ccccc6c5)nc(-c5cccc6sc7ccccc7c56)n4)ccc2N3c2ccccc2)cc1. The molecule has 0 atom stereocenters. The fourth-order valence-corrected chi connectivity index (χ4v) is 9.92. The highest BCUT2D eigenvalue weighted by Gasteiger charge is 2.28. The number of hydrogen-bond acceptors (Lipinski definition) is 5. The van der Waals surface area contributed by atoms with Crippen molar-refractivity contribution in [2.24, 2.45) is 0 Å². The van der Waals surface area contributed by atoms with Crippen LogP contribution in [0.5, 0.6) is 0 Å². The van der Waals surface area contributed by atoms with Crippen molar-refractivity contribution >= 4 is 70.1 Å². The normalized spacial score (nSPS) is 12.1. The number of thiophene rings is 1. The maximum Gasteiger partial charge on any atom is 0.164 e. The summed E-state index contributed by atoms with van der Waals surface area (Å²) in [6.07, 6.45) is 0. The zero-order chi connectivity index (χ0) is 38.2. The van der Waals surface area contributed by atoms with Gasteiger partial charge in [0.25, 0.3) is 0 Å². The summed E-state index contributed by atoms with van der Waals surface area (Å²) in [6, 6.07) is 69.2. The van der Waals surface area contributed by atoms with Crippen molar-refractivity contribution in [2.45, 2.75) is 0 Å². The van der Waals surface area contributed by atoms with Gasteiger partial charge >= 0.3 is 0 Å². The number of nitrogens with zero attached hydrogens (tertiary/aromatic N) is 4. The van der Waals surface area contributed by atoms with Crippen LogP contribution in [0.25, 0.3) is 98.1 Å². The van der Waals surface area contributed by atoms with Crippen molar-refractivity contribution in [1.82, 2.24) is 15.0 Å². The lowest BCUT2D eigenvalue weighted by atomic mass is 9.87. The second-order valence-corrected chi connectivity index (χ2v) is 15.9. The van der Waals surface area contributed by atoms with E-state index in [4.69, 9.17) is 15.0 Å². The first-order valence-corrected chi connectivity index (χ1v) is 20.3. The highest BCUT2D eigenvalue weighted by molar-refractivity contribution is 7.25. The number of para-hydroxylation sites is 1. The maximum atomic E-state index is 5.34. The number of fused-ring (bicyclic) bond motifs is 6. The van der Waals surface area contributed by atoms with Gasteiger partial charge in [0.2, 0.25) is 0 Å². The van der Waals surface area contributed by atoms with Crippen LogP contribution in [0.2, 0.25) is 0 Å². The molecule has 0 spiro atoms. The van der Waals surface area contributed by atoms with Gasteiger partial charge in [0.1, 0.15) is 0 Å². The van der Waals surface area contributed by atoms with Gasteiger partial charge in [-0.2, -0.15) is 0 Å². The summed E-state index contributed by atoms with van der Waals surface area (Å²) in [6.45, 7) is 0. The molecule has 2 aromatic heterocycles. The summed E-state index contributed by atoms with van der Waals surface area (Å²) in [4.78, 5) is 18.3. The van der Waals surface area contributed by atoms with E-state index in [0.717, 1.165) is 44.7 Å². The van der Waals surface area contributed by atoms with E-state index in [9.17, 15) is 0 Å². The van der Waals surface area contributed by atoms with Crippen molar-refractivity contribution in [3.05, 3.63) is 194 Å². The Balaban J connectivity index is 1.11. The van der Waals surface area contributed by atoms with Crippen molar-refractivity contribution in [1.29, 1.82) is 0 Å². The van der Waals surface area contributed by atoms with E-state index in [1.165, 1.54) is 53.0 Å². The molecule has 0 aliphatic carbocycles. The molecule has 270 valence electrons. The summed E-state index contributed by atoms with van der Waals surface area (Å²) >= 11 is 1.80. The topological polar surface area (TPSA) is 41.9 Å². The largest absolute Gasteiger partial charge is 0.309 e. The van der Waals surface area contributed by atoms with E-state index >= 15 is 0 Å². The predicted octanol–water partition coefficient (Wildman–Crippen LogP) is 14.7. The third-order valence-corrected chi connectivity index (χ3v) is 12.6. The van der Waals surface area contributed by atoms with Crippen LogP contribution in [0.3, 0.4) is 0 Å². The predicted molar refractivity (Wildman–Crippen MR) is 243 cm³/mol. The van der Waals surface area contributed by atoms with E-state index in [1.54, 1.807) is 11.3 Å². The molecule has 0 radical (unpaired) electrons. The minimum atomic E-state index is 0.634. The first kappa shape index (κ1) is 32.7. The van der Waals surface area contributed by atoms with E-state index in [-0.39, 0.29) is 0 Å². The Morgan fingerprint density at radius 3 is 1.84 bits per heavy atom. The quantitative estimate of drug-likeness (QED) is 0.175. The molecule has 11 aromatic rings. The third-order valence-electron chi connectivity index (χ3n) is 11.4. The van der Waals surface area contributed by atoms with Gasteiger partial charge in [0.15, 0.2) is 17.5 Å². The second kappa shape index (κ2) is 13.1. The number of anilines is 3. The van der Waals surface area contributed by atoms with E-state index < -0.39 is 0 Å². The Morgan fingerprint density at radius 2 is 0.983 bits per heavy atom. The first-order chi connectivity index (χ1) is 28.7. The molecule has 9 aromatic carbocycles. The van der Waals surface area contributed by atoms with Crippen LogP contribution in [-0.4, -0.2) is 15.0 Å². The average molecular weight is 757 g/mol. The maximum absolute atomic E-state index is 5.34. The first-order valence-electron chi connectivity index (χ1n) is 19.5. The molecular weight excluding hydrogens is 725 g/mol. The van der Waals surface area contributed by atoms with Gasteiger partial charge in [-0.05, 0) is 87.4 Å². The molecule has 0 amide bonds. The average Bonchev–Trinajstić information content (AvgIpc) is 3.68. The van der Waals surface area contributed by atoms with Gasteiger partial charge in [0, 0.05) is 53.5 Å². The standard InChI is InChI=1S/C53H32N4S/c1-3-14-34(15-4-1)39-28-30-46-49-40(39)20-11-21-41(49)44-32-37(27-29-45(44)57(46)38-17-5-2-6-18-38)52-54-51(36-26-25-33-13-7-8-16-35(33)31-36)55-53(56-52)43-22-12-24-48-50(43)42-19-9-10-23-47(42)58-48/h1-32H. The van der Waals surface area contributed by atoms with Crippen LogP contribution < -0.4 is 4.90 Å². The molecule has 5 heteroatoms. The fraction of sp³-hybridized carbons (Fsp3) is 0. The van der Waals surface area contributed by atoms with Gasteiger partial charge in [-0.3, -0.25) is 0 Å². The van der Waals surface area contributed by atoms with Crippen LogP contribution in [0, 0.1) is 0 Å². The molecule has 0 saturated heterocycles. The summed E-state index contributed by atoms with van der Waals surface area (Å²) in [5.41, 5.74) is 11.0. The Bertz CT molecular complexity index is 3410. The number of rotatable bonds is 5. The van der Waals surface area contributed by atoms with E-state index in [1.807, 2.05) is 0 Å². The van der Waals surface area contributed by atoms with Crippen LogP contribution in [0.1, 0.15) is 0 Å². The van der Waals surface area contributed by atoms with Crippen molar-refractivity contribution in [2.75, 3.05) is 4.90 Å². The Hall–Kier alpha value is -7.47. The van der Waals surface area contributed by atoms with Gasteiger partial charge in [0.05, 0.1) is 11.4 Å². The van der Waals surface area contributed by atoms with Crippen LogP contribution >= 0.6 is 11.3 Å². The zero-order valence-corrected chi connectivity index (χ0v) is 32.0. The number of benzene rings is 9. The monoisotopic (exact) mass is 756 g/mol. The molecule has 58 heavy (non-hydrogen) atoms. The Morgan fingerprint density at radius 1 is 0.345 bits per heavy atom. The van der Waals surface area contributed by atoms with Crippen molar-refractivity contribution in [3.63, 3.8) is 0 Å².